The molecular weight excluding hydrogens is 326 g/mol. The molecule has 2 heterocycles. The van der Waals surface area contributed by atoms with Crippen molar-refractivity contribution < 1.29 is 0 Å². The molecule has 0 saturated carbocycles. The van der Waals surface area contributed by atoms with Gasteiger partial charge in [0.25, 0.3) is 0 Å². The van der Waals surface area contributed by atoms with Crippen LogP contribution in [-0.2, 0) is 0 Å². The highest BCUT2D eigenvalue weighted by Crippen LogP contribution is 2.32. The van der Waals surface area contributed by atoms with Crippen molar-refractivity contribution in [1.82, 2.24) is 15.3 Å². The Balaban J connectivity index is 1.81. The second-order valence-corrected chi connectivity index (χ2v) is 6.33. The maximum absolute atomic E-state index is 4.57. The average Bonchev–Trinajstić information content (AvgIpc) is 3.18. The van der Waals surface area contributed by atoms with Crippen molar-refractivity contribution >= 4 is 26.7 Å². The van der Waals surface area contributed by atoms with Crippen LogP contribution in [0.4, 0.5) is 0 Å². The molecule has 1 aromatic heterocycles. The van der Waals surface area contributed by atoms with Crippen LogP contribution in [0.2, 0.25) is 0 Å². The third-order valence-corrected chi connectivity index (χ3v) is 4.84. The van der Waals surface area contributed by atoms with E-state index in [-0.39, 0.29) is 0 Å². The lowest BCUT2D eigenvalue weighted by molar-refractivity contribution is 0.613. The van der Waals surface area contributed by atoms with Crippen molar-refractivity contribution in [3.63, 3.8) is 0 Å². The predicted octanol–water partition coefficient (Wildman–Crippen LogP) is 4.42. The highest BCUT2D eigenvalue weighted by Gasteiger charge is 2.19. The number of aromatic nitrogens is 2. The molecule has 21 heavy (non-hydrogen) atoms. The van der Waals surface area contributed by atoms with Crippen LogP contribution in [0, 0.1) is 0 Å². The number of fused-ring (bicyclic) bond motifs is 1. The van der Waals surface area contributed by atoms with Gasteiger partial charge in [-0.05, 0) is 36.2 Å². The zero-order valence-corrected chi connectivity index (χ0v) is 13.2. The van der Waals surface area contributed by atoms with Crippen molar-refractivity contribution in [2.75, 3.05) is 6.54 Å². The van der Waals surface area contributed by atoms with Gasteiger partial charge in [0.2, 0.25) is 0 Å². The summed E-state index contributed by atoms with van der Waals surface area (Å²) in [7, 11) is 0. The second kappa shape index (κ2) is 5.28. The van der Waals surface area contributed by atoms with Crippen LogP contribution in [0.1, 0.15) is 24.7 Å². The van der Waals surface area contributed by atoms with E-state index in [1.54, 1.807) is 0 Å². The number of H-pyrrole nitrogens is 1. The standard InChI is InChI=1S/C17H16BrN3/c18-14-7-2-4-11-12(14)5-1-6-13(11)16-10-20-17(21-16)15-8-3-9-19-15/h1-2,4-7,10,15,19H,3,8-9H2,(H,20,21). The number of hydrogen-bond donors (Lipinski definition) is 2. The van der Waals surface area contributed by atoms with Crippen LogP contribution < -0.4 is 5.32 Å². The topological polar surface area (TPSA) is 40.7 Å². The monoisotopic (exact) mass is 341 g/mol. The van der Waals surface area contributed by atoms with E-state index in [9.17, 15) is 0 Å². The van der Waals surface area contributed by atoms with Gasteiger partial charge in [-0.1, -0.05) is 46.3 Å². The molecule has 0 radical (unpaired) electrons. The zero-order valence-electron chi connectivity index (χ0n) is 11.6. The number of rotatable bonds is 2. The Labute approximate surface area is 131 Å². The van der Waals surface area contributed by atoms with Crippen molar-refractivity contribution in [2.45, 2.75) is 18.9 Å². The third kappa shape index (κ3) is 2.28. The van der Waals surface area contributed by atoms with Gasteiger partial charge < -0.3 is 10.3 Å². The van der Waals surface area contributed by atoms with E-state index < -0.39 is 0 Å². The predicted molar refractivity (Wildman–Crippen MR) is 89.2 cm³/mol. The number of hydrogen-bond acceptors (Lipinski definition) is 2. The SMILES string of the molecule is Brc1cccc2c(-c3cnc(C4CCCN4)[nH]3)cccc12. The Hall–Kier alpha value is -1.65. The minimum atomic E-state index is 0.375. The van der Waals surface area contributed by atoms with Crippen LogP contribution >= 0.6 is 15.9 Å². The molecule has 0 amide bonds. The Morgan fingerprint density at radius 2 is 1.95 bits per heavy atom. The van der Waals surface area contributed by atoms with Crippen molar-refractivity contribution in [3.8, 4) is 11.3 Å². The molecule has 0 aliphatic carbocycles. The number of imidazole rings is 1. The first-order valence-corrected chi connectivity index (χ1v) is 8.08. The first-order valence-electron chi connectivity index (χ1n) is 7.29. The van der Waals surface area contributed by atoms with Gasteiger partial charge in [0.15, 0.2) is 0 Å². The highest BCUT2D eigenvalue weighted by atomic mass is 79.9. The van der Waals surface area contributed by atoms with Crippen molar-refractivity contribution in [1.29, 1.82) is 0 Å². The van der Waals surface area contributed by atoms with Crippen molar-refractivity contribution in [2.24, 2.45) is 0 Å². The molecule has 106 valence electrons. The number of benzene rings is 2. The summed E-state index contributed by atoms with van der Waals surface area (Å²) in [5.74, 6) is 1.05. The van der Waals surface area contributed by atoms with Gasteiger partial charge in [0, 0.05) is 10.0 Å². The molecule has 1 atom stereocenters. The van der Waals surface area contributed by atoms with E-state index in [1.807, 2.05) is 6.20 Å². The van der Waals surface area contributed by atoms with Crippen molar-refractivity contribution in [3.05, 3.63) is 52.9 Å². The van der Waals surface area contributed by atoms with Gasteiger partial charge >= 0.3 is 0 Å². The Morgan fingerprint density at radius 1 is 1.10 bits per heavy atom. The maximum Gasteiger partial charge on any atom is 0.123 e. The molecule has 1 fully saturated rings. The van der Waals surface area contributed by atoms with Crippen LogP contribution in [0.15, 0.2) is 47.1 Å². The molecule has 0 bridgehead atoms. The van der Waals surface area contributed by atoms with E-state index in [0.29, 0.717) is 6.04 Å². The molecule has 1 saturated heterocycles. The molecular formula is C17H16BrN3. The normalized spacial score (nSPS) is 18.4. The first-order chi connectivity index (χ1) is 10.3. The fraction of sp³-hybridized carbons (Fsp3) is 0.235. The summed E-state index contributed by atoms with van der Waals surface area (Å²) < 4.78 is 1.12. The minimum Gasteiger partial charge on any atom is -0.341 e. The van der Waals surface area contributed by atoms with Gasteiger partial charge in [0.1, 0.15) is 5.82 Å². The average molecular weight is 342 g/mol. The molecule has 2 aromatic carbocycles. The highest BCUT2D eigenvalue weighted by molar-refractivity contribution is 9.10. The fourth-order valence-electron chi connectivity index (χ4n) is 3.08. The van der Waals surface area contributed by atoms with Crippen LogP contribution in [0.5, 0.6) is 0 Å². The van der Waals surface area contributed by atoms with E-state index in [2.05, 4.69) is 67.6 Å². The van der Waals surface area contributed by atoms with Crippen LogP contribution in [0.3, 0.4) is 0 Å². The lowest BCUT2D eigenvalue weighted by Gasteiger charge is -2.07. The summed E-state index contributed by atoms with van der Waals surface area (Å²) in [6.07, 6.45) is 4.33. The molecule has 1 aliphatic heterocycles. The zero-order chi connectivity index (χ0) is 14.2. The number of nitrogens with one attached hydrogen (secondary N) is 2. The molecule has 4 heteroatoms. The summed E-state index contributed by atoms with van der Waals surface area (Å²) >= 11 is 3.63. The minimum absolute atomic E-state index is 0.375. The quantitative estimate of drug-likeness (QED) is 0.724. The third-order valence-electron chi connectivity index (χ3n) is 4.14. The summed E-state index contributed by atoms with van der Waals surface area (Å²) in [5.41, 5.74) is 2.29. The molecule has 2 N–H and O–H groups in total. The fourth-order valence-corrected chi connectivity index (χ4v) is 3.57. The van der Waals surface area contributed by atoms with Gasteiger partial charge in [-0.3, -0.25) is 0 Å². The Kier molecular flexibility index (Phi) is 3.28. The molecule has 3 nitrogen and oxygen atoms in total. The molecule has 3 aromatic rings. The van der Waals surface area contributed by atoms with Gasteiger partial charge in [0.05, 0.1) is 17.9 Å². The van der Waals surface area contributed by atoms with E-state index in [0.717, 1.165) is 29.0 Å². The lowest BCUT2D eigenvalue weighted by atomic mass is 10.0. The van der Waals surface area contributed by atoms with E-state index in [1.165, 1.54) is 22.8 Å². The Bertz CT molecular complexity index is 788. The van der Waals surface area contributed by atoms with Crippen LogP contribution in [0.25, 0.3) is 22.0 Å². The van der Waals surface area contributed by atoms with E-state index >= 15 is 0 Å². The molecule has 1 unspecified atom stereocenters. The van der Waals surface area contributed by atoms with Crippen LogP contribution in [-0.4, -0.2) is 16.5 Å². The van der Waals surface area contributed by atoms with Gasteiger partial charge in [-0.2, -0.15) is 0 Å². The second-order valence-electron chi connectivity index (χ2n) is 5.47. The maximum atomic E-state index is 4.57. The smallest absolute Gasteiger partial charge is 0.123 e. The van der Waals surface area contributed by atoms with E-state index in [4.69, 9.17) is 0 Å². The lowest BCUT2D eigenvalue weighted by Crippen LogP contribution is -2.14. The number of halogens is 1. The largest absolute Gasteiger partial charge is 0.341 e. The summed E-state index contributed by atoms with van der Waals surface area (Å²) in [6, 6.07) is 13.1. The molecule has 0 spiro atoms. The number of aromatic amines is 1. The summed E-state index contributed by atoms with van der Waals surface area (Å²) in [6.45, 7) is 1.09. The Morgan fingerprint density at radius 3 is 2.81 bits per heavy atom. The van der Waals surface area contributed by atoms with Gasteiger partial charge in [-0.15, -0.1) is 0 Å². The van der Waals surface area contributed by atoms with Gasteiger partial charge in [-0.25, -0.2) is 4.98 Å². The summed E-state index contributed by atoms with van der Waals surface area (Å²) in [5, 5.41) is 5.95. The molecule has 4 rings (SSSR count). The number of nitrogens with zero attached hydrogens (tertiary/aromatic N) is 1. The summed E-state index contributed by atoms with van der Waals surface area (Å²) in [4.78, 5) is 8.07. The first kappa shape index (κ1) is 13.0. The molecule has 1 aliphatic rings.